The van der Waals surface area contributed by atoms with E-state index in [2.05, 4.69) is 22.5 Å². The summed E-state index contributed by atoms with van der Waals surface area (Å²) in [5, 5.41) is 8.43. The number of nitrogens with one attached hydrogen (secondary N) is 3. The minimum atomic E-state index is -0.324. The number of rotatable bonds is 7. The van der Waals surface area contributed by atoms with Crippen LogP contribution in [0.4, 0.5) is 21.9 Å². The maximum absolute atomic E-state index is 12.5. The van der Waals surface area contributed by atoms with Crippen molar-refractivity contribution >= 4 is 34.6 Å². The lowest BCUT2D eigenvalue weighted by atomic mass is 10.0. The highest BCUT2D eigenvalue weighted by Crippen LogP contribution is 2.21. The van der Waals surface area contributed by atoms with E-state index in [1.165, 1.54) is 0 Å². The van der Waals surface area contributed by atoms with E-state index in [9.17, 15) is 9.59 Å². The number of amides is 3. The summed E-state index contributed by atoms with van der Waals surface area (Å²) in [5.74, 6) is -0.254. The SMILES string of the molecule is C=C(CNC(=O)Nc1ccc(-c2ccccc2)cc1)c1ccc(C(=O)Nc2ccccc2N)cc1. The van der Waals surface area contributed by atoms with Gasteiger partial charge in [-0.1, -0.05) is 73.3 Å². The molecule has 0 spiro atoms. The molecule has 35 heavy (non-hydrogen) atoms. The van der Waals surface area contributed by atoms with Crippen molar-refractivity contribution in [3.63, 3.8) is 0 Å². The Kier molecular flexibility index (Phi) is 7.23. The van der Waals surface area contributed by atoms with Gasteiger partial charge in [-0.25, -0.2) is 4.79 Å². The van der Waals surface area contributed by atoms with E-state index >= 15 is 0 Å². The molecule has 0 atom stereocenters. The maximum atomic E-state index is 12.5. The molecule has 3 amide bonds. The maximum Gasteiger partial charge on any atom is 0.319 e. The molecule has 0 saturated heterocycles. The quantitative estimate of drug-likeness (QED) is 0.253. The monoisotopic (exact) mass is 462 g/mol. The number of hydrogen-bond donors (Lipinski definition) is 4. The Bertz CT molecular complexity index is 1330. The van der Waals surface area contributed by atoms with Crippen molar-refractivity contribution in [3.8, 4) is 11.1 Å². The lowest BCUT2D eigenvalue weighted by Crippen LogP contribution is -2.29. The zero-order valence-electron chi connectivity index (χ0n) is 19.1. The number of carbonyl (C=O) groups is 2. The van der Waals surface area contributed by atoms with Gasteiger partial charge in [0, 0.05) is 17.8 Å². The van der Waals surface area contributed by atoms with Crippen molar-refractivity contribution in [1.82, 2.24) is 5.32 Å². The van der Waals surface area contributed by atoms with Crippen LogP contribution in [0.25, 0.3) is 16.7 Å². The summed E-state index contributed by atoms with van der Waals surface area (Å²) in [6.07, 6.45) is 0. The molecule has 6 nitrogen and oxygen atoms in total. The first-order chi connectivity index (χ1) is 17.0. The summed E-state index contributed by atoms with van der Waals surface area (Å²) in [6.45, 7) is 4.31. The normalized spacial score (nSPS) is 10.3. The summed E-state index contributed by atoms with van der Waals surface area (Å²) >= 11 is 0. The fraction of sp³-hybridized carbons (Fsp3) is 0.0345. The Hall–Kier alpha value is -4.84. The van der Waals surface area contributed by atoms with Gasteiger partial charge in [0.1, 0.15) is 0 Å². The summed E-state index contributed by atoms with van der Waals surface area (Å²) in [4.78, 5) is 24.8. The van der Waals surface area contributed by atoms with Gasteiger partial charge in [0.2, 0.25) is 0 Å². The van der Waals surface area contributed by atoms with Crippen molar-refractivity contribution in [2.45, 2.75) is 0 Å². The van der Waals surface area contributed by atoms with E-state index in [0.717, 1.165) is 22.3 Å². The number of carbonyl (C=O) groups excluding carboxylic acids is 2. The molecule has 0 aliphatic rings. The molecule has 6 heteroatoms. The largest absolute Gasteiger partial charge is 0.397 e. The average molecular weight is 463 g/mol. The van der Waals surface area contributed by atoms with Crippen LogP contribution in [0.3, 0.4) is 0 Å². The van der Waals surface area contributed by atoms with E-state index in [-0.39, 0.29) is 18.5 Å². The Labute approximate surface area is 204 Å². The minimum absolute atomic E-state index is 0.254. The van der Waals surface area contributed by atoms with Gasteiger partial charge in [0.25, 0.3) is 5.91 Å². The van der Waals surface area contributed by atoms with Crippen molar-refractivity contribution in [2.75, 3.05) is 22.9 Å². The molecule has 0 fully saturated rings. The molecule has 4 aromatic rings. The number of hydrogen-bond acceptors (Lipinski definition) is 3. The van der Waals surface area contributed by atoms with Crippen molar-refractivity contribution < 1.29 is 9.59 Å². The molecule has 0 unspecified atom stereocenters. The number of anilines is 3. The third-order valence-corrected chi connectivity index (χ3v) is 5.48. The van der Waals surface area contributed by atoms with Crippen LogP contribution < -0.4 is 21.7 Å². The predicted octanol–water partition coefficient (Wildman–Crippen LogP) is 6.02. The molecular weight excluding hydrogens is 436 g/mol. The van der Waals surface area contributed by atoms with Gasteiger partial charge >= 0.3 is 6.03 Å². The van der Waals surface area contributed by atoms with E-state index in [1.54, 1.807) is 42.5 Å². The fourth-order valence-electron chi connectivity index (χ4n) is 3.50. The highest BCUT2D eigenvalue weighted by molar-refractivity contribution is 6.05. The highest BCUT2D eigenvalue weighted by atomic mass is 16.2. The Morgan fingerprint density at radius 1 is 0.686 bits per heavy atom. The molecule has 0 aromatic heterocycles. The van der Waals surface area contributed by atoms with Crippen molar-refractivity contribution in [3.05, 3.63) is 121 Å². The summed E-state index contributed by atoms with van der Waals surface area (Å²) < 4.78 is 0. The summed E-state index contributed by atoms with van der Waals surface area (Å²) in [7, 11) is 0. The van der Waals surface area contributed by atoms with Crippen LogP contribution >= 0.6 is 0 Å². The third kappa shape index (κ3) is 6.15. The smallest absolute Gasteiger partial charge is 0.319 e. The average Bonchev–Trinajstić information content (AvgIpc) is 2.89. The first-order valence-corrected chi connectivity index (χ1v) is 11.1. The number of benzene rings is 4. The van der Waals surface area contributed by atoms with Gasteiger partial charge in [0.15, 0.2) is 0 Å². The van der Waals surface area contributed by atoms with E-state index in [1.807, 2.05) is 60.7 Å². The third-order valence-electron chi connectivity index (χ3n) is 5.48. The van der Waals surface area contributed by atoms with Crippen molar-refractivity contribution in [2.24, 2.45) is 0 Å². The second-order valence-electron chi connectivity index (χ2n) is 7.97. The minimum Gasteiger partial charge on any atom is -0.397 e. The van der Waals surface area contributed by atoms with Crippen LogP contribution in [0.1, 0.15) is 15.9 Å². The Morgan fingerprint density at radius 2 is 1.29 bits per heavy atom. The van der Waals surface area contributed by atoms with Crippen molar-refractivity contribution in [1.29, 1.82) is 0 Å². The van der Waals surface area contributed by atoms with Crippen LogP contribution in [0.2, 0.25) is 0 Å². The van der Waals surface area contributed by atoms with Gasteiger partial charge in [-0.05, 0) is 58.7 Å². The highest BCUT2D eigenvalue weighted by Gasteiger charge is 2.09. The first-order valence-electron chi connectivity index (χ1n) is 11.1. The molecule has 0 aliphatic carbocycles. The van der Waals surface area contributed by atoms with Gasteiger partial charge in [-0.2, -0.15) is 0 Å². The molecule has 0 aliphatic heterocycles. The molecule has 0 saturated carbocycles. The molecule has 5 N–H and O–H groups in total. The molecule has 4 aromatic carbocycles. The van der Waals surface area contributed by atoms with Crippen LogP contribution in [0.5, 0.6) is 0 Å². The van der Waals surface area contributed by atoms with Crippen LogP contribution in [0, 0.1) is 0 Å². The second kappa shape index (κ2) is 10.9. The molecule has 0 heterocycles. The number of nitrogens with two attached hydrogens (primary N) is 1. The summed E-state index contributed by atoms with van der Waals surface area (Å²) in [6, 6.07) is 31.5. The van der Waals surface area contributed by atoms with Gasteiger partial charge < -0.3 is 21.7 Å². The zero-order valence-corrected chi connectivity index (χ0v) is 19.1. The lowest BCUT2D eigenvalue weighted by Gasteiger charge is -2.11. The van der Waals surface area contributed by atoms with Crippen LogP contribution in [-0.2, 0) is 0 Å². The Balaban J connectivity index is 1.27. The van der Waals surface area contributed by atoms with Crippen LogP contribution in [0.15, 0.2) is 110 Å². The number of urea groups is 1. The van der Waals surface area contributed by atoms with E-state index in [4.69, 9.17) is 5.73 Å². The Morgan fingerprint density at radius 3 is 1.97 bits per heavy atom. The number of para-hydroxylation sites is 2. The first kappa shape index (κ1) is 23.3. The lowest BCUT2D eigenvalue weighted by molar-refractivity contribution is 0.102. The molecule has 0 bridgehead atoms. The predicted molar refractivity (Wildman–Crippen MR) is 143 cm³/mol. The fourth-order valence-corrected chi connectivity index (χ4v) is 3.50. The van der Waals surface area contributed by atoms with E-state index in [0.29, 0.717) is 22.6 Å². The topological polar surface area (TPSA) is 96.2 Å². The zero-order chi connectivity index (χ0) is 24.6. The molecule has 0 radical (unpaired) electrons. The standard InChI is InChI=1S/C29H26N4O2/c1-20(21-11-13-24(14-12-21)28(34)33-27-10-6-5-9-26(27)30)19-31-29(35)32-25-17-15-23(16-18-25)22-7-3-2-4-8-22/h2-18H,1,19,30H2,(H,33,34)(H2,31,32,35). The molecular formula is C29H26N4O2. The molecule has 4 rings (SSSR count). The number of nitrogen functional groups attached to an aromatic ring is 1. The second-order valence-corrected chi connectivity index (χ2v) is 7.97. The van der Waals surface area contributed by atoms with Gasteiger partial charge in [-0.3, -0.25) is 4.79 Å². The van der Waals surface area contributed by atoms with Gasteiger partial charge in [0.05, 0.1) is 11.4 Å². The van der Waals surface area contributed by atoms with E-state index < -0.39 is 0 Å². The molecule has 174 valence electrons. The van der Waals surface area contributed by atoms with Crippen LogP contribution in [-0.4, -0.2) is 18.5 Å². The van der Waals surface area contributed by atoms with Gasteiger partial charge in [-0.15, -0.1) is 0 Å². The summed E-state index contributed by atoms with van der Waals surface area (Å²) in [5.41, 5.74) is 11.9.